The van der Waals surface area contributed by atoms with Crippen molar-refractivity contribution < 1.29 is 4.79 Å². The Bertz CT molecular complexity index is 294. The minimum absolute atomic E-state index is 0.327. The highest BCUT2D eigenvalue weighted by molar-refractivity contribution is 5.99. The standard InChI is InChI=1S/C13H20O/c1-5-6-9(2)7-12-10(3)8-13(14)11(12)4/h7,10H,5-6,8H2,1-4H3. The second-order valence-electron chi connectivity index (χ2n) is 4.35. The van der Waals surface area contributed by atoms with E-state index in [4.69, 9.17) is 0 Å². The van der Waals surface area contributed by atoms with Crippen molar-refractivity contribution in [2.45, 2.75) is 47.0 Å². The fourth-order valence-corrected chi connectivity index (χ4v) is 2.05. The van der Waals surface area contributed by atoms with Crippen molar-refractivity contribution in [3.8, 4) is 0 Å². The normalized spacial score (nSPS) is 23.6. The minimum Gasteiger partial charge on any atom is -0.295 e. The molecule has 0 heterocycles. The highest BCUT2D eigenvalue weighted by Gasteiger charge is 2.24. The topological polar surface area (TPSA) is 17.1 Å². The zero-order chi connectivity index (χ0) is 10.7. The van der Waals surface area contributed by atoms with Gasteiger partial charge in [-0.15, -0.1) is 0 Å². The van der Waals surface area contributed by atoms with Gasteiger partial charge in [0.2, 0.25) is 0 Å². The number of carbonyl (C=O) groups excluding carboxylic acids is 1. The molecule has 0 amide bonds. The smallest absolute Gasteiger partial charge is 0.159 e. The number of allylic oxidation sites excluding steroid dienone is 4. The monoisotopic (exact) mass is 192 g/mol. The molecule has 14 heavy (non-hydrogen) atoms. The van der Waals surface area contributed by atoms with E-state index in [9.17, 15) is 4.79 Å². The Morgan fingerprint density at radius 2 is 2.21 bits per heavy atom. The summed E-state index contributed by atoms with van der Waals surface area (Å²) in [4.78, 5) is 11.4. The van der Waals surface area contributed by atoms with Crippen molar-refractivity contribution in [2.24, 2.45) is 5.92 Å². The molecule has 1 nitrogen and oxygen atoms in total. The summed E-state index contributed by atoms with van der Waals surface area (Å²) in [5, 5.41) is 0. The van der Waals surface area contributed by atoms with Gasteiger partial charge in [0.25, 0.3) is 0 Å². The van der Waals surface area contributed by atoms with Crippen molar-refractivity contribution in [3.05, 3.63) is 22.8 Å². The lowest BCUT2D eigenvalue weighted by Gasteiger charge is -2.05. The predicted molar refractivity (Wildman–Crippen MR) is 60.2 cm³/mol. The lowest BCUT2D eigenvalue weighted by atomic mass is 9.99. The van der Waals surface area contributed by atoms with Gasteiger partial charge in [0.05, 0.1) is 0 Å². The number of ketones is 1. The predicted octanol–water partition coefficient (Wildman–Crippen LogP) is 3.66. The van der Waals surface area contributed by atoms with Crippen LogP contribution < -0.4 is 0 Å². The van der Waals surface area contributed by atoms with Crippen LogP contribution in [0, 0.1) is 5.92 Å². The Hall–Kier alpha value is -0.850. The molecule has 1 rings (SSSR count). The molecule has 1 aliphatic carbocycles. The Morgan fingerprint density at radius 3 is 2.64 bits per heavy atom. The van der Waals surface area contributed by atoms with E-state index in [2.05, 4.69) is 26.8 Å². The number of rotatable bonds is 3. The Balaban J connectivity index is 2.86. The largest absolute Gasteiger partial charge is 0.295 e. The average Bonchev–Trinajstić information content (AvgIpc) is 2.33. The molecule has 1 unspecified atom stereocenters. The molecule has 0 N–H and O–H groups in total. The quantitative estimate of drug-likeness (QED) is 0.667. The van der Waals surface area contributed by atoms with Gasteiger partial charge in [-0.1, -0.05) is 31.9 Å². The summed E-state index contributed by atoms with van der Waals surface area (Å²) in [5.41, 5.74) is 3.64. The molecule has 0 saturated heterocycles. The molecule has 78 valence electrons. The number of hydrogen-bond acceptors (Lipinski definition) is 1. The zero-order valence-electron chi connectivity index (χ0n) is 9.68. The molecule has 0 saturated carbocycles. The van der Waals surface area contributed by atoms with Gasteiger partial charge in [0.1, 0.15) is 0 Å². The molecule has 0 bridgehead atoms. The number of carbonyl (C=O) groups is 1. The fraction of sp³-hybridized carbons (Fsp3) is 0.615. The highest BCUT2D eigenvalue weighted by Crippen LogP contribution is 2.30. The van der Waals surface area contributed by atoms with Gasteiger partial charge >= 0.3 is 0 Å². The van der Waals surface area contributed by atoms with Crippen LogP contribution in [0.25, 0.3) is 0 Å². The summed E-state index contributed by atoms with van der Waals surface area (Å²) in [6.45, 7) is 8.43. The van der Waals surface area contributed by atoms with E-state index in [0.29, 0.717) is 18.1 Å². The van der Waals surface area contributed by atoms with Crippen molar-refractivity contribution >= 4 is 5.78 Å². The first-order valence-electron chi connectivity index (χ1n) is 5.47. The lowest BCUT2D eigenvalue weighted by Crippen LogP contribution is -1.93. The van der Waals surface area contributed by atoms with Crippen LogP contribution in [0.4, 0.5) is 0 Å². The van der Waals surface area contributed by atoms with E-state index >= 15 is 0 Å². The zero-order valence-corrected chi connectivity index (χ0v) is 9.68. The Labute approximate surface area is 86.9 Å². The Morgan fingerprint density at radius 1 is 1.57 bits per heavy atom. The molecule has 0 aromatic rings. The van der Waals surface area contributed by atoms with E-state index in [0.717, 1.165) is 12.0 Å². The number of hydrogen-bond donors (Lipinski definition) is 0. The van der Waals surface area contributed by atoms with Gasteiger partial charge in [0, 0.05) is 6.42 Å². The first-order valence-corrected chi connectivity index (χ1v) is 5.47. The van der Waals surface area contributed by atoms with Crippen LogP contribution in [0.3, 0.4) is 0 Å². The average molecular weight is 192 g/mol. The number of Topliss-reactive ketones (excluding diaryl/α,β-unsaturated/α-hetero) is 1. The molecule has 0 radical (unpaired) electrons. The summed E-state index contributed by atoms with van der Waals surface area (Å²) in [6.07, 6.45) is 5.24. The van der Waals surface area contributed by atoms with Crippen LogP contribution in [0.1, 0.15) is 47.0 Å². The molecule has 1 atom stereocenters. The maximum atomic E-state index is 11.4. The second kappa shape index (κ2) is 4.59. The first kappa shape index (κ1) is 11.2. The minimum atomic E-state index is 0.327. The van der Waals surface area contributed by atoms with Gasteiger partial charge in [-0.2, -0.15) is 0 Å². The maximum absolute atomic E-state index is 11.4. The SMILES string of the molecule is CCCC(C)=CC1=C(C)C(=O)CC1C. The fourth-order valence-electron chi connectivity index (χ4n) is 2.05. The molecule has 0 fully saturated rings. The summed E-state index contributed by atoms with van der Waals surface area (Å²) in [7, 11) is 0. The maximum Gasteiger partial charge on any atom is 0.159 e. The molecule has 0 aromatic carbocycles. The van der Waals surface area contributed by atoms with Crippen LogP contribution in [0.2, 0.25) is 0 Å². The summed E-state index contributed by atoms with van der Waals surface area (Å²) in [5.74, 6) is 0.752. The molecule has 0 aliphatic heterocycles. The van der Waals surface area contributed by atoms with E-state index < -0.39 is 0 Å². The first-order chi connectivity index (χ1) is 6.56. The van der Waals surface area contributed by atoms with E-state index in [1.54, 1.807) is 0 Å². The second-order valence-corrected chi connectivity index (χ2v) is 4.35. The van der Waals surface area contributed by atoms with Gasteiger partial charge in [-0.05, 0) is 37.3 Å². The summed E-state index contributed by atoms with van der Waals surface area (Å²) < 4.78 is 0. The lowest BCUT2D eigenvalue weighted by molar-refractivity contribution is -0.115. The summed E-state index contributed by atoms with van der Waals surface area (Å²) >= 11 is 0. The van der Waals surface area contributed by atoms with E-state index in [1.165, 1.54) is 17.6 Å². The third kappa shape index (κ3) is 2.34. The van der Waals surface area contributed by atoms with Crippen molar-refractivity contribution in [1.82, 2.24) is 0 Å². The summed E-state index contributed by atoms with van der Waals surface area (Å²) in [6, 6.07) is 0. The van der Waals surface area contributed by atoms with Crippen molar-refractivity contribution in [3.63, 3.8) is 0 Å². The van der Waals surface area contributed by atoms with Crippen LogP contribution in [0.5, 0.6) is 0 Å². The van der Waals surface area contributed by atoms with E-state index in [-0.39, 0.29) is 0 Å². The van der Waals surface area contributed by atoms with Crippen LogP contribution in [-0.4, -0.2) is 5.78 Å². The van der Waals surface area contributed by atoms with Crippen LogP contribution in [-0.2, 0) is 4.79 Å². The molecular formula is C13H20O. The molecular weight excluding hydrogens is 172 g/mol. The third-order valence-electron chi connectivity index (χ3n) is 2.92. The third-order valence-corrected chi connectivity index (χ3v) is 2.92. The van der Waals surface area contributed by atoms with Gasteiger partial charge < -0.3 is 0 Å². The van der Waals surface area contributed by atoms with E-state index in [1.807, 2.05) is 6.92 Å². The van der Waals surface area contributed by atoms with Gasteiger partial charge in [-0.3, -0.25) is 4.79 Å². The molecule has 0 spiro atoms. The Kier molecular flexibility index (Phi) is 3.68. The highest BCUT2D eigenvalue weighted by atomic mass is 16.1. The molecule has 0 aromatic heterocycles. The van der Waals surface area contributed by atoms with Crippen molar-refractivity contribution in [2.75, 3.05) is 0 Å². The molecule has 1 heteroatoms. The van der Waals surface area contributed by atoms with Gasteiger partial charge in [0.15, 0.2) is 5.78 Å². The van der Waals surface area contributed by atoms with Gasteiger partial charge in [-0.25, -0.2) is 0 Å². The van der Waals surface area contributed by atoms with Crippen molar-refractivity contribution in [1.29, 1.82) is 0 Å². The van der Waals surface area contributed by atoms with Crippen LogP contribution >= 0.6 is 0 Å². The van der Waals surface area contributed by atoms with Crippen LogP contribution in [0.15, 0.2) is 22.8 Å². The molecule has 1 aliphatic rings.